The molecule has 0 radical (unpaired) electrons. The first-order chi connectivity index (χ1) is 14.0. The molecule has 29 heavy (non-hydrogen) atoms. The molecule has 1 fully saturated rings. The van der Waals surface area contributed by atoms with Crippen LogP contribution >= 0.6 is 11.6 Å². The van der Waals surface area contributed by atoms with Gasteiger partial charge >= 0.3 is 5.63 Å². The highest BCUT2D eigenvalue weighted by Gasteiger charge is 2.24. The zero-order valence-corrected chi connectivity index (χ0v) is 16.4. The van der Waals surface area contributed by atoms with Crippen molar-refractivity contribution in [2.24, 2.45) is 0 Å². The average Bonchev–Trinajstić information content (AvgIpc) is 3.38. The van der Waals surface area contributed by atoms with Crippen LogP contribution in [0.2, 0.25) is 5.02 Å². The number of carbonyl (C=O) groups excluding carboxylic acids is 1. The quantitative estimate of drug-likeness (QED) is 0.680. The molecule has 1 aliphatic heterocycles. The largest absolute Gasteiger partial charge is 0.424 e. The van der Waals surface area contributed by atoms with Crippen molar-refractivity contribution in [1.82, 2.24) is 15.5 Å². The summed E-state index contributed by atoms with van der Waals surface area (Å²) in [7, 11) is 0. The number of aromatic nitrogens is 2. The summed E-state index contributed by atoms with van der Waals surface area (Å²) in [6, 6.07) is 8.76. The van der Waals surface area contributed by atoms with E-state index in [2.05, 4.69) is 15.5 Å². The molecule has 8 nitrogen and oxygen atoms in total. The number of aryl methyl sites for hydroxylation is 1. The number of carbonyl (C=O) groups is 1. The zero-order valence-electron chi connectivity index (χ0n) is 15.6. The van der Waals surface area contributed by atoms with Crippen LogP contribution in [-0.4, -0.2) is 22.7 Å². The number of hydrogen-bond donors (Lipinski definition) is 1. The minimum Gasteiger partial charge on any atom is -0.424 e. The molecule has 1 N–H and O–H groups in total. The lowest BCUT2D eigenvalue weighted by atomic mass is 10.1. The first-order valence-corrected chi connectivity index (χ1v) is 9.52. The lowest BCUT2D eigenvalue weighted by molar-refractivity contribution is 0.0881. The van der Waals surface area contributed by atoms with Gasteiger partial charge in [0.15, 0.2) is 0 Å². The predicted octanol–water partition coefficient (Wildman–Crippen LogP) is 3.43. The second-order valence-corrected chi connectivity index (χ2v) is 7.08. The summed E-state index contributed by atoms with van der Waals surface area (Å²) in [6.45, 7) is 2.28. The van der Waals surface area contributed by atoms with Gasteiger partial charge in [0.1, 0.15) is 17.4 Å². The zero-order chi connectivity index (χ0) is 20.4. The molecule has 2 aromatic heterocycles. The molecule has 3 heterocycles. The van der Waals surface area contributed by atoms with E-state index >= 15 is 0 Å². The molecule has 4 rings (SSSR count). The van der Waals surface area contributed by atoms with Crippen LogP contribution in [0, 0.1) is 6.92 Å². The first kappa shape index (κ1) is 19.4. The minimum atomic E-state index is -0.699. The smallest absolute Gasteiger partial charge is 0.349 e. The summed E-state index contributed by atoms with van der Waals surface area (Å²) >= 11 is 6.12. The van der Waals surface area contributed by atoms with Gasteiger partial charge in [-0.05, 0) is 43.5 Å². The molecule has 0 bridgehead atoms. The van der Waals surface area contributed by atoms with E-state index in [9.17, 15) is 9.59 Å². The molecule has 1 aliphatic rings. The average molecular weight is 416 g/mol. The molecule has 9 heteroatoms. The van der Waals surface area contributed by atoms with Crippen LogP contribution in [0.5, 0.6) is 0 Å². The van der Waals surface area contributed by atoms with Gasteiger partial charge in [0.25, 0.3) is 5.91 Å². The number of amides is 1. The molecular weight excluding hydrogens is 398 g/mol. The second kappa shape index (κ2) is 8.18. The van der Waals surface area contributed by atoms with Gasteiger partial charge in [-0.25, -0.2) is 4.79 Å². The van der Waals surface area contributed by atoms with Crippen LogP contribution in [0.15, 0.2) is 44.1 Å². The van der Waals surface area contributed by atoms with E-state index in [0.717, 1.165) is 12.8 Å². The van der Waals surface area contributed by atoms with Crippen LogP contribution < -0.4 is 10.9 Å². The van der Waals surface area contributed by atoms with Crippen molar-refractivity contribution >= 4 is 17.5 Å². The van der Waals surface area contributed by atoms with Crippen molar-refractivity contribution in [1.29, 1.82) is 0 Å². The lowest BCUT2D eigenvalue weighted by Gasteiger charge is -2.10. The summed E-state index contributed by atoms with van der Waals surface area (Å²) in [5, 5.41) is 6.97. The monoisotopic (exact) mass is 415 g/mol. The Morgan fingerprint density at radius 3 is 2.90 bits per heavy atom. The maximum Gasteiger partial charge on any atom is 0.349 e. The van der Waals surface area contributed by atoms with Gasteiger partial charge in [0.05, 0.1) is 11.6 Å². The fraction of sp³-hybridized carbons (Fsp3) is 0.300. The molecule has 150 valence electrons. The number of benzene rings is 1. The third-order valence-corrected chi connectivity index (χ3v) is 4.95. The summed E-state index contributed by atoms with van der Waals surface area (Å²) in [5.74, 6) is 0.373. The molecule has 1 aromatic carbocycles. The SMILES string of the molecule is Cc1cc(C2CCCO2)oc(=O)c1C(=O)NCc1nc(-c2ccccc2Cl)no1. The Morgan fingerprint density at radius 1 is 1.34 bits per heavy atom. The highest BCUT2D eigenvalue weighted by Crippen LogP contribution is 2.28. The van der Waals surface area contributed by atoms with E-state index in [-0.39, 0.29) is 24.1 Å². The third-order valence-electron chi connectivity index (χ3n) is 4.62. The number of nitrogens with one attached hydrogen (secondary N) is 1. The molecule has 3 aromatic rings. The topological polar surface area (TPSA) is 107 Å². The van der Waals surface area contributed by atoms with Gasteiger partial charge < -0.3 is 19.0 Å². The maximum atomic E-state index is 12.5. The van der Waals surface area contributed by atoms with E-state index in [1.54, 1.807) is 37.3 Å². The van der Waals surface area contributed by atoms with Crippen molar-refractivity contribution in [2.45, 2.75) is 32.4 Å². The molecule has 0 aliphatic carbocycles. The summed E-state index contributed by atoms with van der Waals surface area (Å²) in [4.78, 5) is 29.1. The first-order valence-electron chi connectivity index (χ1n) is 9.15. The Hall–Kier alpha value is -2.97. The van der Waals surface area contributed by atoms with E-state index in [1.807, 2.05) is 0 Å². The van der Waals surface area contributed by atoms with Gasteiger partial charge in [-0.3, -0.25) is 4.79 Å². The fourth-order valence-corrected chi connectivity index (χ4v) is 3.41. The van der Waals surface area contributed by atoms with Gasteiger partial charge in [-0.2, -0.15) is 4.98 Å². The van der Waals surface area contributed by atoms with Crippen LogP contribution in [0.3, 0.4) is 0 Å². The van der Waals surface area contributed by atoms with Gasteiger partial charge in [0, 0.05) is 12.2 Å². The number of nitrogens with zero attached hydrogens (tertiary/aromatic N) is 2. The highest BCUT2D eigenvalue weighted by molar-refractivity contribution is 6.33. The number of ether oxygens (including phenoxy) is 1. The summed E-state index contributed by atoms with van der Waals surface area (Å²) < 4.78 is 16.0. The molecule has 1 saturated heterocycles. The molecule has 1 amide bonds. The summed E-state index contributed by atoms with van der Waals surface area (Å²) in [5.41, 5.74) is 0.385. The number of halogens is 1. The second-order valence-electron chi connectivity index (χ2n) is 6.67. The van der Waals surface area contributed by atoms with Crippen LogP contribution in [0.25, 0.3) is 11.4 Å². The highest BCUT2D eigenvalue weighted by atomic mass is 35.5. The molecular formula is C20H18ClN3O5. The number of hydrogen-bond acceptors (Lipinski definition) is 7. The van der Waals surface area contributed by atoms with Gasteiger partial charge in [0.2, 0.25) is 11.7 Å². The van der Waals surface area contributed by atoms with E-state index in [0.29, 0.717) is 34.3 Å². The van der Waals surface area contributed by atoms with Gasteiger partial charge in [-0.1, -0.05) is 28.9 Å². The minimum absolute atomic E-state index is 0.0390. The Labute approximate surface area is 170 Å². The standard InChI is InChI=1S/C20H18ClN3O5/c1-11-9-15(14-7-4-8-27-14)28-20(26)17(11)19(25)22-10-16-23-18(24-29-16)12-5-2-3-6-13(12)21/h2-3,5-6,9,14H,4,7-8,10H2,1H3,(H,22,25). The van der Waals surface area contributed by atoms with Crippen molar-refractivity contribution in [3.8, 4) is 11.4 Å². The lowest BCUT2D eigenvalue weighted by Crippen LogP contribution is -2.29. The molecule has 0 spiro atoms. The molecule has 0 saturated carbocycles. The Kier molecular flexibility index (Phi) is 5.46. The Bertz CT molecular complexity index is 1100. The maximum absolute atomic E-state index is 12.5. The van der Waals surface area contributed by atoms with Crippen molar-refractivity contribution < 1.29 is 18.5 Å². The fourth-order valence-electron chi connectivity index (χ4n) is 3.19. The van der Waals surface area contributed by atoms with Crippen LogP contribution in [0.4, 0.5) is 0 Å². The Balaban J connectivity index is 1.46. The van der Waals surface area contributed by atoms with Gasteiger partial charge in [-0.15, -0.1) is 0 Å². The summed E-state index contributed by atoms with van der Waals surface area (Å²) in [6.07, 6.45) is 1.47. The predicted molar refractivity (Wildman–Crippen MR) is 104 cm³/mol. The number of rotatable bonds is 5. The van der Waals surface area contributed by atoms with Crippen molar-refractivity contribution in [2.75, 3.05) is 6.61 Å². The Morgan fingerprint density at radius 2 is 2.17 bits per heavy atom. The van der Waals surface area contributed by atoms with Crippen molar-refractivity contribution in [3.05, 3.63) is 68.6 Å². The molecule has 1 atom stereocenters. The van der Waals surface area contributed by atoms with Crippen molar-refractivity contribution in [3.63, 3.8) is 0 Å². The molecule has 1 unspecified atom stereocenters. The van der Waals surface area contributed by atoms with Crippen LogP contribution in [0.1, 0.15) is 46.5 Å². The van der Waals surface area contributed by atoms with E-state index in [1.165, 1.54) is 0 Å². The van der Waals surface area contributed by atoms with E-state index < -0.39 is 11.5 Å². The normalized spacial score (nSPS) is 16.1. The van der Waals surface area contributed by atoms with Crippen LogP contribution in [-0.2, 0) is 11.3 Å². The van der Waals surface area contributed by atoms with E-state index in [4.69, 9.17) is 25.3 Å². The third kappa shape index (κ3) is 4.08.